The minimum atomic E-state index is -3.67. The van der Waals surface area contributed by atoms with Gasteiger partial charge in [-0.15, -0.1) is 0 Å². The van der Waals surface area contributed by atoms with E-state index >= 15 is 0 Å². The lowest BCUT2D eigenvalue weighted by atomic mass is 10.0. The fraction of sp³-hybridized carbons (Fsp3) is 1.00. The predicted molar refractivity (Wildman–Crippen MR) is 101 cm³/mol. The van der Waals surface area contributed by atoms with Crippen molar-refractivity contribution >= 4 is 18.5 Å². The molecule has 0 aromatic carbocycles. The van der Waals surface area contributed by atoms with Gasteiger partial charge < -0.3 is 20.5 Å². The maximum atomic E-state index is 10.7. The molecule has 6 heteroatoms. The van der Waals surface area contributed by atoms with Gasteiger partial charge in [-0.25, -0.2) is 0 Å². The summed E-state index contributed by atoms with van der Waals surface area (Å²) >= 11 is 4.29. The van der Waals surface area contributed by atoms with Crippen molar-refractivity contribution in [2.24, 2.45) is 11.8 Å². The molecule has 3 unspecified atom stereocenters. The zero-order valence-corrected chi connectivity index (χ0v) is 16.9. The van der Waals surface area contributed by atoms with Crippen LogP contribution in [0.3, 0.4) is 0 Å². The van der Waals surface area contributed by atoms with Crippen LogP contribution in [0.2, 0.25) is 0 Å². The SMILES string of the molecule is CCCCCCC1CC1CCCCCCCCOP([O-])(O)=S.[NH4+]. The lowest BCUT2D eigenvalue weighted by molar-refractivity contribution is -0.201. The Balaban J connectivity index is 0.00000484. The van der Waals surface area contributed by atoms with E-state index in [9.17, 15) is 4.89 Å². The van der Waals surface area contributed by atoms with Crippen molar-refractivity contribution < 1.29 is 14.3 Å². The highest BCUT2D eigenvalue weighted by molar-refractivity contribution is 8.06. The van der Waals surface area contributed by atoms with Crippen LogP contribution in [-0.2, 0) is 16.3 Å². The van der Waals surface area contributed by atoms with Crippen molar-refractivity contribution in [2.75, 3.05) is 6.61 Å². The highest BCUT2D eigenvalue weighted by atomic mass is 32.5. The molecule has 1 fully saturated rings. The zero-order chi connectivity index (χ0) is 16.3. The Bertz CT molecular complexity index is 325. The van der Waals surface area contributed by atoms with Gasteiger partial charge in [-0.1, -0.05) is 89.4 Å². The van der Waals surface area contributed by atoms with Crippen LogP contribution in [0.15, 0.2) is 0 Å². The summed E-state index contributed by atoms with van der Waals surface area (Å²) in [6, 6.07) is 0. The van der Waals surface area contributed by atoms with E-state index in [2.05, 4.69) is 23.3 Å². The third-order valence-electron chi connectivity index (χ3n) is 4.72. The third-order valence-corrected chi connectivity index (χ3v) is 5.55. The van der Waals surface area contributed by atoms with Crippen LogP contribution in [0.4, 0.5) is 0 Å². The molecule has 0 aromatic rings. The minimum Gasteiger partial charge on any atom is -0.780 e. The summed E-state index contributed by atoms with van der Waals surface area (Å²) < 4.78 is 4.68. The van der Waals surface area contributed by atoms with Crippen molar-refractivity contribution in [3.8, 4) is 0 Å². The Labute approximate surface area is 148 Å². The van der Waals surface area contributed by atoms with Gasteiger partial charge in [0.25, 0.3) is 0 Å². The van der Waals surface area contributed by atoms with Crippen molar-refractivity contribution in [1.29, 1.82) is 0 Å². The van der Waals surface area contributed by atoms with Gasteiger partial charge in [0.15, 0.2) is 0 Å². The number of hydrogen-bond donors (Lipinski definition) is 2. The minimum absolute atomic E-state index is 0. The molecule has 0 bridgehead atoms. The molecule has 0 amide bonds. The lowest BCUT2D eigenvalue weighted by Gasteiger charge is -2.19. The van der Waals surface area contributed by atoms with E-state index in [4.69, 9.17) is 4.89 Å². The fourth-order valence-electron chi connectivity index (χ4n) is 3.25. The molecular weight excluding hydrogens is 329 g/mol. The smallest absolute Gasteiger partial charge is 0.112 e. The van der Waals surface area contributed by atoms with Gasteiger partial charge in [0.05, 0.1) is 6.61 Å². The molecule has 0 saturated heterocycles. The van der Waals surface area contributed by atoms with Crippen molar-refractivity contribution in [3.05, 3.63) is 0 Å². The first-order chi connectivity index (χ1) is 10.5. The Morgan fingerprint density at radius 2 is 1.43 bits per heavy atom. The van der Waals surface area contributed by atoms with Crippen LogP contribution in [0.1, 0.15) is 90.4 Å². The number of rotatable bonds is 15. The summed E-state index contributed by atoms with van der Waals surface area (Å²) in [6.45, 7) is -1.08. The number of quaternary nitrogens is 1. The summed E-state index contributed by atoms with van der Waals surface area (Å²) in [7, 11) is 0. The Kier molecular flexibility index (Phi) is 14.0. The second kappa shape index (κ2) is 13.7. The van der Waals surface area contributed by atoms with Crippen LogP contribution in [0.25, 0.3) is 0 Å². The van der Waals surface area contributed by atoms with Crippen molar-refractivity contribution in [1.82, 2.24) is 6.15 Å². The van der Waals surface area contributed by atoms with Crippen molar-refractivity contribution in [2.45, 2.75) is 90.4 Å². The van der Waals surface area contributed by atoms with E-state index in [1.165, 1.54) is 70.6 Å². The van der Waals surface area contributed by atoms with E-state index in [0.717, 1.165) is 24.7 Å². The average molecular weight is 368 g/mol. The van der Waals surface area contributed by atoms with E-state index in [1.807, 2.05) is 0 Å². The summed E-state index contributed by atoms with van der Waals surface area (Å²) in [4.78, 5) is 19.5. The maximum Gasteiger partial charge on any atom is 0.112 e. The van der Waals surface area contributed by atoms with Crippen LogP contribution in [0.5, 0.6) is 0 Å². The molecule has 3 atom stereocenters. The van der Waals surface area contributed by atoms with Crippen LogP contribution >= 0.6 is 6.72 Å². The van der Waals surface area contributed by atoms with Gasteiger partial charge >= 0.3 is 0 Å². The molecule has 0 heterocycles. The first-order valence-electron chi connectivity index (χ1n) is 9.21. The quantitative estimate of drug-likeness (QED) is 0.304. The summed E-state index contributed by atoms with van der Waals surface area (Å²) in [5.41, 5.74) is 0. The molecule has 1 aliphatic carbocycles. The van der Waals surface area contributed by atoms with E-state index in [0.29, 0.717) is 6.61 Å². The second-order valence-corrected chi connectivity index (χ2v) is 9.40. The maximum absolute atomic E-state index is 10.7. The zero-order valence-electron chi connectivity index (χ0n) is 15.2. The summed E-state index contributed by atoms with van der Waals surface area (Å²) in [6.07, 6.45) is 17.1. The predicted octanol–water partition coefficient (Wildman–Crippen LogP) is 5.29. The second-order valence-electron chi connectivity index (χ2n) is 6.82. The Morgan fingerprint density at radius 3 is 1.96 bits per heavy atom. The number of hydrogen-bond acceptors (Lipinski definition) is 3. The topological polar surface area (TPSA) is 89.0 Å². The highest BCUT2D eigenvalue weighted by Crippen LogP contribution is 2.45. The lowest BCUT2D eigenvalue weighted by Crippen LogP contribution is -2.03. The van der Waals surface area contributed by atoms with Gasteiger partial charge in [0.1, 0.15) is 6.72 Å². The molecule has 0 aliphatic heterocycles. The average Bonchev–Trinajstić information content (AvgIpc) is 3.19. The van der Waals surface area contributed by atoms with Gasteiger partial charge in [0, 0.05) is 0 Å². The van der Waals surface area contributed by atoms with Crippen LogP contribution in [-0.4, -0.2) is 11.5 Å². The highest BCUT2D eigenvalue weighted by Gasteiger charge is 2.34. The Hall–Kier alpha value is 0.490. The molecule has 23 heavy (non-hydrogen) atoms. The first kappa shape index (κ1) is 23.5. The molecule has 4 nitrogen and oxygen atoms in total. The van der Waals surface area contributed by atoms with Gasteiger partial charge in [-0.05, 0) is 24.7 Å². The molecule has 0 radical (unpaired) electrons. The molecule has 1 aliphatic rings. The van der Waals surface area contributed by atoms with E-state index in [1.54, 1.807) is 0 Å². The molecular formula is C17H38NO3PS. The van der Waals surface area contributed by atoms with Crippen molar-refractivity contribution in [3.63, 3.8) is 0 Å². The van der Waals surface area contributed by atoms with E-state index < -0.39 is 6.72 Å². The van der Waals surface area contributed by atoms with Crippen LogP contribution in [0, 0.1) is 11.8 Å². The normalized spacial score (nSPS) is 22.4. The number of unbranched alkanes of at least 4 members (excludes halogenated alkanes) is 8. The monoisotopic (exact) mass is 367 g/mol. The van der Waals surface area contributed by atoms with Gasteiger partial charge in [0.2, 0.25) is 0 Å². The first-order valence-corrected chi connectivity index (χ1v) is 11.8. The molecule has 1 saturated carbocycles. The Morgan fingerprint density at radius 1 is 0.957 bits per heavy atom. The molecule has 5 N–H and O–H groups in total. The van der Waals surface area contributed by atoms with Gasteiger partial charge in [-0.2, -0.15) is 0 Å². The van der Waals surface area contributed by atoms with E-state index in [-0.39, 0.29) is 6.15 Å². The fourth-order valence-corrected chi connectivity index (χ4v) is 3.83. The molecule has 140 valence electrons. The molecule has 0 spiro atoms. The largest absolute Gasteiger partial charge is 0.780 e. The molecule has 0 aromatic heterocycles. The van der Waals surface area contributed by atoms with Gasteiger partial charge in [-0.3, -0.25) is 0 Å². The van der Waals surface area contributed by atoms with Crippen LogP contribution < -0.4 is 11.0 Å². The molecule has 1 rings (SSSR count). The third kappa shape index (κ3) is 14.5. The summed E-state index contributed by atoms with van der Waals surface area (Å²) in [5.74, 6) is 2.10. The standard InChI is InChI=1S/C17H35O3PS.H3N/c1-2-3-4-9-12-16-15-17(16)13-10-7-5-6-8-11-14-20-21(18,19)22;/h16-17H,2-15H2,1H3,(H2,18,19,22);1H3. The summed E-state index contributed by atoms with van der Waals surface area (Å²) in [5, 5.41) is 0.